The average Bonchev–Trinajstić information content (AvgIpc) is 2.87. The normalized spacial score (nSPS) is 25.2. The fourth-order valence-corrected chi connectivity index (χ4v) is 4.36. The van der Waals surface area contributed by atoms with Crippen LogP contribution in [0.1, 0.15) is 42.5 Å². The molecule has 0 amide bonds. The quantitative estimate of drug-likeness (QED) is 0.720. The van der Waals surface area contributed by atoms with Crippen molar-refractivity contribution in [2.45, 2.75) is 43.1 Å². The highest BCUT2D eigenvalue weighted by Crippen LogP contribution is 2.69. The summed E-state index contributed by atoms with van der Waals surface area (Å²) in [6, 6.07) is 6.87. The maximum atomic E-state index is 14.5. The molecule has 0 aromatic heterocycles. The molecule has 28 heavy (non-hydrogen) atoms. The lowest BCUT2D eigenvalue weighted by Gasteiger charge is -2.33. The lowest BCUT2D eigenvalue weighted by Crippen LogP contribution is -2.49. The molecule has 0 aliphatic heterocycles. The van der Waals surface area contributed by atoms with Crippen LogP contribution >= 0.6 is 0 Å². The van der Waals surface area contributed by atoms with Crippen LogP contribution < -0.4 is 4.74 Å². The van der Waals surface area contributed by atoms with Crippen LogP contribution in [0.4, 0.5) is 22.0 Å². The van der Waals surface area contributed by atoms with E-state index in [1.54, 1.807) is 6.07 Å². The predicted octanol–water partition coefficient (Wildman–Crippen LogP) is 5.10. The van der Waals surface area contributed by atoms with Crippen molar-refractivity contribution in [3.8, 4) is 17.6 Å². The van der Waals surface area contributed by atoms with E-state index in [-0.39, 0.29) is 22.6 Å². The van der Waals surface area contributed by atoms with Crippen molar-refractivity contribution in [2.24, 2.45) is 0 Å². The van der Waals surface area contributed by atoms with Gasteiger partial charge in [-0.05, 0) is 36.1 Å². The highest BCUT2D eigenvalue weighted by atomic mass is 19.3. The van der Waals surface area contributed by atoms with E-state index >= 15 is 0 Å². The maximum Gasteiger partial charge on any atom is 0.346 e. The van der Waals surface area contributed by atoms with Crippen LogP contribution in [0.3, 0.4) is 0 Å². The number of alkyl halides is 4. The van der Waals surface area contributed by atoms with Crippen LogP contribution in [0.2, 0.25) is 0 Å². The highest BCUT2D eigenvalue weighted by molar-refractivity contribution is 5.62. The number of hydrogen-bond donors (Lipinski definition) is 1. The van der Waals surface area contributed by atoms with E-state index in [1.165, 1.54) is 19.9 Å². The summed E-state index contributed by atoms with van der Waals surface area (Å²) in [5.41, 5.74) is -5.63. The molecule has 8 heteroatoms. The number of hydrogen-bond acceptors (Lipinski definition) is 3. The number of rotatable bonds is 2. The molecule has 0 heterocycles. The Hall–Kier alpha value is -2.66. The van der Waals surface area contributed by atoms with E-state index in [1.807, 2.05) is 0 Å². The van der Waals surface area contributed by atoms with Gasteiger partial charge in [0.2, 0.25) is 0 Å². The average molecular weight is 395 g/mol. The van der Waals surface area contributed by atoms with E-state index in [0.29, 0.717) is 0 Å². The Labute approximate surface area is 157 Å². The van der Waals surface area contributed by atoms with Gasteiger partial charge in [0.05, 0.1) is 11.6 Å². The minimum atomic E-state index is -4.68. The van der Waals surface area contributed by atoms with Crippen LogP contribution in [0.25, 0.3) is 0 Å². The van der Waals surface area contributed by atoms with Gasteiger partial charge >= 0.3 is 11.8 Å². The summed E-state index contributed by atoms with van der Waals surface area (Å²) < 4.78 is 77.0. The Balaban J connectivity index is 1.93. The van der Waals surface area contributed by atoms with Gasteiger partial charge in [-0.2, -0.15) is 22.8 Å². The van der Waals surface area contributed by atoms with Crippen molar-refractivity contribution in [2.75, 3.05) is 0 Å². The lowest BCUT2D eigenvalue weighted by atomic mass is 9.81. The number of halogens is 5. The van der Waals surface area contributed by atoms with Gasteiger partial charge < -0.3 is 9.84 Å². The van der Waals surface area contributed by atoms with Crippen molar-refractivity contribution in [3.05, 3.63) is 58.4 Å². The zero-order valence-corrected chi connectivity index (χ0v) is 14.8. The van der Waals surface area contributed by atoms with E-state index in [4.69, 9.17) is 10.00 Å². The summed E-state index contributed by atoms with van der Waals surface area (Å²) in [6.07, 6.45) is -0.627. The SMILES string of the molecule is CC1(C)CC2(O)c3c(ccc(Oc4cc(F)cc(C#N)c4)c31)C(F)(F)C2(F)F. The second kappa shape index (κ2) is 5.23. The first-order valence-corrected chi connectivity index (χ1v) is 8.40. The molecular formula is C20H14F5NO2. The molecule has 1 unspecified atom stereocenters. The van der Waals surface area contributed by atoms with Crippen molar-refractivity contribution in [1.29, 1.82) is 5.26 Å². The number of ether oxygens (including phenoxy) is 1. The van der Waals surface area contributed by atoms with Crippen LogP contribution in [0, 0.1) is 17.1 Å². The molecule has 1 N–H and O–H groups in total. The van der Waals surface area contributed by atoms with Gasteiger partial charge in [-0.1, -0.05) is 13.8 Å². The molecule has 2 aliphatic carbocycles. The molecule has 0 bridgehead atoms. The second-order valence-electron chi connectivity index (χ2n) is 7.82. The Morgan fingerprint density at radius 2 is 1.75 bits per heavy atom. The molecule has 0 radical (unpaired) electrons. The molecule has 1 atom stereocenters. The third kappa shape index (κ3) is 2.11. The summed E-state index contributed by atoms with van der Waals surface area (Å²) in [5, 5.41) is 19.6. The van der Waals surface area contributed by atoms with Crippen molar-refractivity contribution in [1.82, 2.24) is 0 Å². The minimum absolute atomic E-state index is 0.0205. The molecule has 0 saturated carbocycles. The molecule has 2 aromatic carbocycles. The largest absolute Gasteiger partial charge is 0.457 e. The topological polar surface area (TPSA) is 53.2 Å². The van der Waals surface area contributed by atoms with Crippen LogP contribution in [0.15, 0.2) is 30.3 Å². The van der Waals surface area contributed by atoms with Gasteiger partial charge in [0.15, 0.2) is 5.60 Å². The third-order valence-electron chi connectivity index (χ3n) is 5.44. The molecule has 0 spiro atoms. The van der Waals surface area contributed by atoms with Crippen LogP contribution in [-0.4, -0.2) is 11.0 Å². The van der Waals surface area contributed by atoms with E-state index in [0.717, 1.165) is 24.3 Å². The molecule has 4 rings (SSSR count). The van der Waals surface area contributed by atoms with Gasteiger partial charge in [-0.25, -0.2) is 4.39 Å². The Kier molecular flexibility index (Phi) is 3.49. The number of nitriles is 1. The predicted molar refractivity (Wildman–Crippen MR) is 88.0 cm³/mol. The Bertz CT molecular complexity index is 1060. The fourth-order valence-electron chi connectivity index (χ4n) is 4.36. The van der Waals surface area contributed by atoms with E-state index in [9.17, 15) is 27.1 Å². The number of nitrogens with zero attached hydrogens (tertiary/aromatic N) is 1. The first-order chi connectivity index (χ1) is 12.8. The highest BCUT2D eigenvalue weighted by Gasteiger charge is 2.79. The van der Waals surface area contributed by atoms with Gasteiger partial charge in [0.1, 0.15) is 17.3 Å². The summed E-state index contributed by atoms with van der Waals surface area (Å²) in [6.45, 7) is 3.07. The fraction of sp³-hybridized carbons (Fsp3) is 0.350. The number of benzene rings is 2. The molecule has 3 nitrogen and oxygen atoms in total. The smallest absolute Gasteiger partial charge is 0.346 e. The minimum Gasteiger partial charge on any atom is -0.457 e. The first-order valence-electron chi connectivity index (χ1n) is 8.40. The van der Waals surface area contributed by atoms with Crippen LogP contribution in [-0.2, 0) is 16.9 Å². The summed E-state index contributed by atoms with van der Waals surface area (Å²) in [4.78, 5) is 0. The van der Waals surface area contributed by atoms with Crippen molar-refractivity contribution >= 4 is 0 Å². The molecule has 2 aromatic rings. The summed E-state index contributed by atoms with van der Waals surface area (Å²) >= 11 is 0. The zero-order chi connectivity index (χ0) is 20.7. The standard InChI is InChI=1S/C20H14F5NO2/c1-17(2)9-18(27)15-13(19(22,23)20(18,24)25)3-4-14(16(15)17)28-12-6-10(8-26)5-11(21)7-12/h3-7,27H,9H2,1-2H3. The Morgan fingerprint density at radius 3 is 2.39 bits per heavy atom. The van der Waals surface area contributed by atoms with Gasteiger partial charge in [0, 0.05) is 22.8 Å². The summed E-state index contributed by atoms with van der Waals surface area (Å²) in [5.74, 6) is -10.1. The molecular weight excluding hydrogens is 381 g/mol. The van der Waals surface area contributed by atoms with E-state index in [2.05, 4.69) is 0 Å². The first kappa shape index (κ1) is 18.7. The molecule has 0 saturated heterocycles. The van der Waals surface area contributed by atoms with Crippen molar-refractivity contribution in [3.63, 3.8) is 0 Å². The van der Waals surface area contributed by atoms with E-state index < -0.39 is 46.2 Å². The number of aliphatic hydroxyl groups is 1. The Morgan fingerprint density at radius 1 is 1.07 bits per heavy atom. The van der Waals surface area contributed by atoms with Crippen LogP contribution in [0.5, 0.6) is 11.5 Å². The molecule has 0 fully saturated rings. The maximum absolute atomic E-state index is 14.5. The second-order valence-corrected chi connectivity index (χ2v) is 7.82. The van der Waals surface area contributed by atoms with Gasteiger partial charge in [0.25, 0.3) is 0 Å². The molecule has 146 valence electrons. The molecule has 2 aliphatic rings. The van der Waals surface area contributed by atoms with Gasteiger partial charge in [-0.3, -0.25) is 0 Å². The lowest BCUT2D eigenvalue weighted by molar-refractivity contribution is -0.287. The monoisotopic (exact) mass is 395 g/mol. The summed E-state index contributed by atoms with van der Waals surface area (Å²) in [7, 11) is 0. The zero-order valence-electron chi connectivity index (χ0n) is 14.8. The van der Waals surface area contributed by atoms with Gasteiger partial charge in [-0.15, -0.1) is 0 Å². The van der Waals surface area contributed by atoms with Crippen molar-refractivity contribution < 1.29 is 31.8 Å². The third-order valence-corrected chi connectivity index (χ3v) is 5.44.